The van der Waals surface area contributed by atoms with E-state index in [2.05, 4.69) is 44.8 Å². The number of morpholine rings is 1. The standard InChI is InChI=1S/C16H32N2O/c1-6-17-13-7-9-14(10-8-13)18-11-15(2,3)19-16(4,5)12-18/h13-14,17H,6-12H2,1-5H3. The fraction of sp³-hybridized carbons (Fsp3) is 1.00. The molecule has 1 N–H and O–H groups in total. The van der Waals surface area contributed by atoms with Crippen molar-refractivity contribution in [1.29, 1.82) is 0 Å². The first-order valence-corrected chi connectivity index (χ1v) is 7.99. The van der Waals surface area contributed by atoms with Crippen LogP contribution in [0, 0.1) is 0 Å². The highest BCUT2D eigenvalue weighted by Gasteiger charge is 2.41. The zero-order valence-electron chi connectivity index (χ0n) is 13.5. The van der Waals surface area contributed by atoms with Gasteiger partial charge in [0, 0.05) is 25.2 Å². The van der Waals surface area contributed by atoms with Crippen LogP contribution in [0.15, 0.2) is 0 Å². The maximum Gasteiger partial charge on any atom is 0.0760 e. The van der Waals surface area contributed by atoms with Gasteiger partial charge in [-0.1, -0.05) is 6.92 Å². The van der Waals surface area contributed by atoms with E-state index in [0.29, 0.717) is 0 Å². The minimum Gasteiger partial charge on any atom is -0.367 e. The molecule has 0 bridgehead atoms. The third-order valence-electron chi connectivity index (χ3n) is 4.43. The van der Waals surface area contributed by atoms with E-state index in [9.17, 15) is 0 Å². The molecule has 0 amide bonds. The fourth-order valence-electron chi connectivity index (χ4n) is 4.04. The number of nitrogens with zero attached hydrogens (tertiary/aromatic N) is 1. The molecule has 112 valence electrons. The van der Waals surface area contributed by atoms with Crippen LogP contribution in [0.25, 0.3) is 0 Å². The summed E-state index contributed by atoms with van der Waals surface area (Å²) in [6.07, 6.45) is 5.33. The summed E-state index contributed by atoms with van der Waals surface area (Å²) in [5.41, 5.74) is -0.0272. The number of nitrogens with one attached hydrogen (secondary N) is 1. The average molecular weight is 268 g/mol. The van der Waals surface area contributed by atoms with Crippen LogP contribution in [-0.2, 0) is 4.74 Å². The van der Waals surface area contributed by atoms with Crippen molar-refractivity contribution in [3.8, 4) is 0 Å². The fourth-order valence-corrected chi connectivity index (χ4v) is 4.04. The summed E-state index contributed by atoms with van der Waals surface area (Å²) >= 11 is 0. The van der Waals surface area contributed by atoms with Crippen molar-refractivity contribution in [1.82, 2.24) is 10.2 Å². The molecule has 1 heterocycles. The van der Waals surface area contributed by atoms with Crippen molar-refractivity contribution in [3.63, 3.8) is 0 Å². The van der Waals surface area contributed by atoms with Gasteiger partial charge in [0.15, 0.2) is 0 Å². The van der Waals surface area contributed by atoms with Crippen LogP contribution in [0.5, 0.6) is 0 Å². The zero-order valence-corrected chi connectivity index (χ0v) is 13.5. The van der Waals surface area contributed by atoms with Gasteiger partial charge >= 0.3 is 0 Å². The van der Waals surface area contributed by atoms with Crippen molar-refractivity contribution in [2.75, 3.05) is 19.6 Å². The molecule has 0 aromatic carbocycles. The maximum absolute atomic E-state index is 6.19. The van der Waals surface area contributed by atoms with E-state index in [-0.39, 0.29) is 11.2 Å². The van der Waals surface area contributed by atoms with Crippen LogP contribution >= 0.6 is 0 Å². The van der Waals surface area contributed by atoms with Crippen LogP contribution < -0.4 is 5.32 Å². The first kappa shape index (κ1) is 15.3. The maximum atomic E-state index is 6.19. The molecule has 3 heteroatoms. The Morgan fingerprint density at radius 1 is 1.00 bits per heavy atom. The summed E-state index contributed by atoms with van der Waals surface area (Å²) in [4.78, 5) is 2.69. The van der Waals surface area contributed by atoms with Gasteiger partial charge in [-0.3, -0.25) is 4.90 Å². The first-order valence-electron chi connectivity index (χ1n) is 7.99. The van der Waals surface area contributed by atoms with Gasteiger partial charge in [0.2, 0.25) is 0 Å². The van der Waals surface area contributed by atoms with Gasteiger partial charge in [-0.2, -0.15) is 0 Å². The summed E-state index contributed by atoms with van der Waals surface area (Å²) < 4.78 is 6.19. The van der Waals surface area contributed by atoms with E-state index in [1.807, 2.05) is 0 Å². The highest BCUT2D eigenvalue weighted by Crippen LogP contribution is 2.33. The Kier molecular flexibility index (Phi) is 4.59. The molecular weight excluding hydrogens is 236 g/mol. The molecule has 0 atom stereocenters. The number of hydrogen-bond donors (Lipinski definition) is 1. The minimum absolute atomic E-state index is 0.0136. The number of rotatable bonds is 3. The van der Waals surface area contributed by atoms with E-state index < -0.39 is 0 Å². The van der Waals surface area contributed by atoms with Crippen molar-refractivity contribution < 1.29 is 4.74 Å². The average Bonchev–Trinajstić information content (AvgIpc) is 2.26. The lowest BCUT2D eigenvalue weighted by Crippen LogP contribution is -2.60. The Labute approximate surface area is 119 Å². The zero-order chi connectivity index (χ0) is 14.1. The van der Waals surface area contributed by atoms with Crippen molar-refractivity contribution in [3.05, 3.63) is 0 Å². The Hall–Kier alpha value is -0.120. The second-order valence-corrected chi connectivity index (χ2v) is 7.59. The van der Waals surface area contributed by atoms with Crippen molar-refractivity contribution >= 4 is 0 Å². The quantitative estimate of drug-likeness (QED) is 0.852. The van der Waals surface area contributed by atoms with Gasteiger partial charge in [0.1, 0.15) is 0 Å². The molecule has 3 nitrogen and oxygen atoms in total. The Bertz CT molecular complexity index is 277. The molecule has 1 aliphatic carbocycles. The van der Waals surface area contributed by atoms with Crippen LogP contribution in [0.3, 0.4) is 0 Å². The van der Waals surface area contributed by atoms with Crippen LogP contribution in [0.1, 0.15) is 60.3 Å². The predicted molar refractivity (Wildman–Crippen MR) is 80.5 cm³/mol. The molecule has 2 rings (SSSR count). The molecule has 1 saturated carbocycles. The van der Waals surface area contributed by atoms with E-state index in [4.69, 9.17) is 4.74 Å². The molecule has 2 aliphatic rings. The second-order valence-electron chi connectivity index (χ2n) is 7.59. The molecule has 0 aromatic heterocycles. The van der Waals surface area contributed by atoms with E-state index in [1.165, 1.54) is 25.7 Å². The lowest BCUT2D eigenvalue weighted by Gasteiger charge is -2.50. The third-order valence-corrected chi connectivity index (χ3v) is 4.43. The number of ether oxygens (including phenoxy) is 1. The summed E-state index contributed by atoms with van der Waals surface area (Å²) in [7, 11) is 0. The largest absolute Gasteiger partial charge is 0.367 e. The van der Waals surface area contributed by atoms with Gasteiger partial charge in [0.25, 0.3) is 0 Å². The normalized spacial score (nSPS) is 35.2. The molecule has 0 unspecified atom stereocenters. The topological polar surface area (TPSA) is 24.5 Å². The van der Waals surface area contributed by atoms with E-state index in [0.717, 1.165) is 31.7 Å². The van der Waals surface area contributed by atoms with Crippen molar-refractivity contribution in [2.24, 2.45) is 0 Å². The number of hydrogen-bond acceptors (Lipinski definition) is 3. The SMILES string of the molecule is CCNC1CCC(N2CC(C)(C)OC(C)(C)C2)CC1. The predicted octanol–water partition coefficient (Wildman–Crippen LogP) is 2.80. The Balaban J connectivity index is 1.92. The Morgan fingerprint density at radius 2 is 1.53 bits per heavy atom. The highest BCUT2D eigenvalue weighted by atomic mass is 16.5. The highest BCUT2D eigenvalue weighted by molar-refractivity contribution is 4.93. The molecule has 0 spiro atoms. The van der Waals surface area contributed by atoms with Gasteiger partial charge in [0.05, 0.1) is 11.2 Å². The Morgan fingerprint density at radius 3 is 2.00 bits per heavy atom. The molecule has 19 heavy (non-hydrogen) atoms. The van der Waals surface area contributed by atoms with E-state index >= 15 is 0 Å². The van der Waals surface area contributed by atoms with Gasteiger partial charge in [-0.05, 0) is 59.9 Å². The molecular formula is C16H32N2O. The van der Waals surface area contributed by atoms with Gasteiger partial charge in [-0.25, -0.2) is 0 Å². The third kappa shape index (κ3) is 4.17. The molecule has 1 saturated heterocycles. The van der Waals surface area contributed by atoms with E-state index in [1.54, 1.807) is 0 Å². The van der Waals surface area contributed by atoms with Gasteiger partial charge in [-0.15, -0.1) is 0 Å². The van der Waals surface area contributed by atoms with Crippen LogP contribution in [-0.4, -0.2) is 47.8 Å². The molecule has 1 aliphatic heterocycles. The summed E-state index contributed by atoms with van der Waals surface area (Å²) in [5, 5.41) is 3.60. The molecule has 0 aromatic rings. The smallest absolute Gasteiger partial charge is 0.0760 e. The monoisotopic (exact) mass is 268 g/mol. The van der Waals surface area contributed by atoms with Crippen molar-refractivity contribution in [2.45, 2.75) is 83.6 Å². The lowest BCUT2D eigenvalue weighted by molar-refractivity contribution is -0.189. The first-order chi connectivity index (χ1) is 8.81. The molecule has 0 radical (unpaired) electrons. The summed E-state index contributed by atoms with van der Waals surface area (Å²) in [6.45, 7) is 14.4. The van der Waals surface area contributed by atoms with Gasteiger partial charge < -0.3 is 10.1 Å². The second kappa shape index (κ2) is 5.71. The lowest BCUT2D eigenvalue weighted by atomic mass is 9.87. The van der Waals surface area contributed by atoms with Crippen LogP contribution in [0.4, 0.5) is 0 Å². The molecule has 2 fully saturated rings. The summed E-state index contributed by atoms with van der Waals surface area (Å²) in [6, 6.07) is 1.51. The minimum atomic E-state index is -0.0136. The summed E-state index contributed by atoms with van der Waals surface area (Å²) in [5.74, 6) is 0. The van der Waals surface area contributed by atoms with Crippen LogP contribution in [0.2, 0.25) is 0 Å².